The molecule has 0 fully saturated rings. The minimum Gasteiger partial charge on any atom is -0.479 e. The van der Waals surface area contributed by atoms with Gasteiger partial charge in [-0.2, -0.15) is 0 Å². The average molecular weight is 624 g/mol. The van der Waals surface area contributed by atoms with E-state index in [-0.39, 0.29) is 26.5 Å². The Kier molecular flexibility index (Phi) is 12.8. The van der Waals surface area contributed by atoms with E-state index in [0.717, 1.165) is 5.56 Å². The number of carbonyl (C=O) groups is 4. The number of hydrogen-bond acceptors (Lipinski definition) is 7. The van der Waals surface area contributed by atoms with Gasteiger partial charge >= 0.3 is 12.1 Å². The van der Waals surface area contributed by atoms with Gasteiger partial charge in [0.2, 0.25) is 5.91 Å². The predicted octanol–water partition coefficient (Wildman–Crippen LogP) is 4.70. The molecule has 1 aromatic heterocycles. The third-order valence-electron chi connectivity index (χ3n) is 6.40. The van der Waals surface area contributed by atoms with E-state index >= 15 is 0 Å². The number of aryl methyl sites for hydroxylation is 1. The highest BCUT2D eigenvalue weighted by Gasteiger charge is 2.35. The van der Waals surface area contributed by atoms with Gasteiger partial charge in [0.05, 0.1) is 13.2 Å². The summed E-state index contributed by atoms with van der Waals surface area (Å²) in [4.78, 5) is 55.9. The highest BCUT2D eigenvalue weighted by Crippen LogP contribution is 2.23. The van der Waals surface area contributed by atoms with Crippen molar-refractivity contribution in [3.05, 3.63) is 83.8 Å². The zero-order chi connectivity index (χ0) is 32.5. The second-order valence-corrected chi connectivity index (χ2v) is 11.7. The van der Waals surface area contributed by atoms with Gasteiger partial charge in [0, 0.05) is 12.6 Å². The number of aliphatic carboxylic acids is 1. The van der Waals surface area contributed by atoms with Crippen LogP contribution in [0.5, 0.6) is 0 Å². The molecule has 0 saturated carbocycles. The molecule has 1 unspecified atom stereocenters. The summed E-state index contributed by atoms with van der Waals surface area (Å²) in [5, 5.41) is 17.9. The van der Waals surface area contributed by atoms with Crippen molar-refractivity contribution in [2.45, 2.75) is 85.2 Å². The van der Waals surface area contributed by atoms with Gasteiger partial charge in [0.1, 0.15) is 23.0 Å². The maximum Gasteiger partial charge on any atom is 0.408 e. The Balaban J connectivity index is 0.00000705. The number of ether oxygens (including phenoxy) is 2. The number of amides is 3. The van der Waals surface area contributed by atoms with E-state index in [2.05, 4.69) is 20.9 Å². The van der Waals surface area contributed by atoms with Gasteiger partial charge < -0.3 is 35.1 Å². The molecule has 0 aliphatic carbocycles. The first kappa shape index (κ1) is 36.5. The predicted molar refractivity (Wildman–Crippen MR) is 171 cm³/mol. The number of carbonyl (C=O) groups excluding carboxylic acids is 3. The van der Waals surface area contributed by atoms with Crippen molar-refractivity contribution >= 4 is 29.7 Å². The third-order valence-corrected chi connectivity index (χ3v) is 6.40. The molecule has 244 valence electrons. The molecular formula is C33H45N5O7. The fourth-order valence-corrected chi connectivity index (χ4v) is 4.25. The lowest BCUT2D eigenvalue weighted by Crippen LogP contribution is -2.59. The number of alkyl carbamates (subject to hydrolysis) is 1. The first-order valence-corrected chi connectivity index (χ1v) is 14.3. The van der Waals surface area contributed by atoms with E-state index in [1.807, 2.05) is 37.3 Å². The molecule has 12 heteroatoms. The van der Waals surface area contributed by atoms with Crippen LogP contribution in [-0.2, 0) is 36.9 Å². The third kappa shape index (κ3) is 10.8. The Morgan fingerprint density at radius 2 is 1.56 bits per heavy atom. The molecule has 2 atom stereocenters. The average Bonchev–Trinajstić information content (AvgIpc) is 3.33. The lowest BCUT2D eigenvalue weighted by atomic mass is 10.0. The number of rotatable bonds is 13. The molecule has 12 nitrogen and oxygen atoms in total. The molecule has 0 spiro atoms. The molecule has 3 aromatic rings. The molecule has 2 aromatic carbocycles. The maximum atomic E-state index is 13.5. The van der Waals surface area contributed by atoms with Gasteiger partial charge in [-0.05, 0) is 45.7 Å². The molecule has 1 heterocycles. The van der Waals surface area contributed by atoms with E-state index in [0.29, 0.717) is 17.8 Å². The number of carboxylic acids is 1. The largest absolute Gasteiger partial charge is 0.479 e. The van der Waals surface area contributed by atoms with E-state index < -0.39 is 47.1 Å². The lowest BCUT2D eigenvalue weighted by molar-refractivity contribution is -0.139. The van der Waals surface area contributed by atoms with Gasteiger partial charge in [0.25, 0.3) is 5.91 Å². The number of anilines is 1. The summed E-state index contributed by atoms with van der Waals surface area (Å²) in [6.07, 6.45) is 1.07. The number of carboxylic acid groups (broad SMARTS) is 1. The number of nitrogens with one attached hydrogen (secondary N) is 3. The number of aromatic nitrogens is 2. The van der Waals surface area contributed by atoms with E-state index in [1.165, 1.54) is 24.6 Å². The molecule has 3 amide bonds. The Labute approximate surface area is 264 Å². The van der Waals surface area contributed by atoms with Crippen LogP contribution in [0.1, 0.15) is 72.0 Å². The Hall–Kier alpha value is -4.71. The van der Waals surface area contributed by atoms with Crippen LogP contribution in [0.2, 0.25) is 0 Å². The van der Waals surface area contributed by atoms with Crippen LogP contribution < -0.4 is 16.0 Å². The highest BCUT2D eigenvalue weighted by molar-refractivity contribution is 5.98. The monoisotopic (exact) mass is 623 g/mol. The van der Waals surface area contributed by atoms with Crippen LogP contribution in [0.3, 0.4) is 0 Å². The van der Waals surface area contributed by atoms with Crippen LogP contribution in [0.4, 0.5) is 10.6 Å². The Morgan fingerprint density at radius 1 is 0.956 bits per heavy atom. The normalized spacial score (nSPS) is 12.7. The SMILES string of the molecule is C.CCc1nc(NC(=O)[C@@H](COCc2ccccc2)NC(=O)C(C)(C)NC(=O)OC(C)(C)C)cn1C(C(=O)O)c1ccccc1. The van der Waals surface area contributed by atoms with Crippen molar-refractivity contribution in [1.29, 1.82) is 0 Å². The Morgan fingerprint density at radius 3 is 2.11 bits per heavy atom. The molecule has 4 N–H and O–H groups in total. The topological polar surface area (TPSA) is 161 Å². The van der Waals surface area contributed by atoms with Gasteiger partial charge in [-0.1, -0.05) is 75.0 Å². The molecule has 0 aliphatic heterocycles. The summed E-state index contributed by atoms with van der Waals surface area (Å²) in [6, 6.07) is 15.8. The summed E-state index contributed by atoms with van der Waals surface area (Å²) >= 11 is 0. The standard InChI is InChI=1S/C32H41N5O7.CH4/c1-7-25-34-24(18-37(25)26(28(39)40)22-16-12-9-13-17-22)35-27(38)23(20-43-19-21-14-10-8-11-15-21)33-29(41)32(5,6)36-30(42)44-31(2,3)4;/h8-18,23,26H,7,19-20H2,1-6H3,(H,33,41)(H,35,38)(H,36,42)(H,39,40);1H4/t23-,26?;/m1./s1. The van der Waals surface area contributed by atoms with E-state index in [1.54, 1.807) is 51.1 Å². The van der Waals surface area contributed by atoms with Crippen molar-refractivity contribution < 1.29 is 33.8 Å². The number of benzene rings is 2. The number of nitrogens with zero attached hydrogens (tertiary/aromatic N) is 2. The van der Waals surface area contributed by atoms with Crippen molar-refractivity contribution in [2.75, 3.05) is 11.9 Å². The van der Waals surface area contributed by atoms with Crippen molar-refractivity contribution in [3.8, 4) is 0 Å². The zero-order valence-electron chi connectivity index (χ0n) is 25.9. The second-order valence-electron chi connectivity index (χ2n) is 11.7. The molecular weight excluding hydrogens is 578 g/mol. The lowest BCUT2D eigenvalue weighted by Gasteiger charge is -2.29. The van der Waals surface area contributed by atoms with Crippen molar-refractivity contribution in [3.63, 3.8) is 0 Å². The minimum atomic E-state index is -1.44. The van der Waals surface area contributed by atoms with E-state index in [4.69, 9.17) is 9.47 Å². The zero-order valence-corrected chi connectivity index (χ0v) is 25.9. The van der Waals surface area contributed by atoms with Gasteiger partial charge in [-0.25, -0.2) is 14.6 Å². The van der Waals surface area contributed by atoms with Crippen molar-refractivity contribution in [1.82, 2.24) is 20.2 Å². The van der Waals surface area contributed by atoms with Crippen LogP contribution in [0.25, 0.3) is 0 Å². The first-order valence-electron chi connectivity index (χ1n) is 14.3. The molecule has 0 saturated heterocycles. The quantitative estimate of drug-likeness (QED) is 0.213. The second kappa shape index (κ2) is 15.8. The van der Waals surface area contributed by atoms with Crippen molar-refractivity contribution in [2.24, 2.45) is 0 Å². The van der Waals surface area contributed by atoms with E-state index in [9.17, 15) is 24.3 Å². The van der Waals surface area contributed by atoms with Gasteiger partial charge in [-0.3, -0.25) is 9.59 Å². The first-order chi connectivity index (χ1) is 20.7. The molecule has 0 bridgehead atoms. The molecule has 0 radical (unpaired) electrons. The van der Waals surface area contributed by atoms with Crippen LogP contribution in [-0.4, -0.2) is 62.3 Å². The maximum absolute atomic E-state index is 13.5. The highest BCUT2D eigenvalue weighted by atomic mass is 16.6. The molecule has 0 aliphatic rings. The smallest absolute Gasteiger partial charge is 0.408 e. The summed E-state index contributed by atoms with van der Waals surface area (Å²) in [5.41, 5.74) is -0.798. The summed E-state index contributed by atoms with van der Waals surface area (Å²) < 4.78 is 12.6. The molecule has 3 rings (SSSR count). The fraction of sp³-hybridized carbons (Fsp3) is 0.424. The minimum absolute atomic E-state index is 0. The summed E-state index contributed by atoms with van der Waals surface area (Å²) in [5.74, 6) is -1.82. The van der Waals surface area contributed by atoms with Crippen LogP contribution in [0.15, 0.2) is 66.9 Å². The van der Waals surface area contributed by atoms with Crippen LogP contribution in [0, 0.1) is 0 Å². The number of imidazole rings is 1. The summed E-state index contributed by atoms with van der Waals surface area (Å²) in [7, 11) is 0. The summed E-state index contributed by atoms with van der Waals surface area (Å²) in [6.45, 7) is 9.89. The van der Waals surface area contributed by atoms with Gasteiger partial charge in [0.15, 0.2) is 11.9 Å². The van der Waals surface area contributed by atoms with Gasteiger partial charge in [-0.15, -0.1) is 0 Å². The van der Waals surface area contributed by atoms with Crippen LogP contribution >= 0.6 is 0 Å². The molecule has 45 heavy (non-hydrogen) atoms. The Bertz CT molecular complexity index is 1430. The fourth-order valence-electron chi connectivity index (χ4n) is 4.25. The number of hydrogen-bond donors (Lipinski definition) is 4.